The molecule has 0 aliphatic carbocycles. The second kappa shape index (κ2) is 10.2. The first-order valence-corrected chi connectivity index (χ1v) is 13.0. The number of hydrogen-bond acceptors (Lipinski definition) is 8. The van der Waals surface area contributed by atoms with Crippen molar-refractivity contribution in [3.05, 3.63) is 41.5 Å². The molecule has 0 radical (unpaired) electrons. The Morgan fingerprint density at radius 1 is 1.26 bits per heavy atom. The summed E-state index contributed by atoms with van der Waals surface area (Å²) < 4.78 is 7.56. The van der Waals surface area contributed by atoms with Crippen molar-refractivity contribution in [3.63, 3.8) is 0 Å². The Morgan fingerprint density at radius 3 is 2.74 bits per heavy atom. The monoisotopic (exact) mass is 510 g/mol. The van der Waals surface area contributed by atoms with Gasteiger partial charge in [-0.2, -0.15) is 0 Å². The number of aryl methyl sites for hydroxylation is 2. The molecule has 3 heterocycles. The average molecular weight is 511 g/mol. The van der Waals surface area contributed by atoms with Crippen molar-refractivity contribution in [2.24, 2.45) is 5.41 Å². The number of ether oxygens (including phenoxy) is 1. The van der Waals surface area contributed by atoms with E-state index in [9.17, 15) is 4.79 Å². The molecule has 0 aliphatic rings. The highest BCUT2D eigenvalue weighted by molar-refractivity contribution is 7.99. The Bertz CT molecular complexity index is 1360. The Morgan fingerprint density at radius 2 is 2.06 bits per heavy atom. The first kappa shape index (κ1) is 25.0. The molecule has 1 amide bonds. The molecule has 35 heavy (non-hydrogen) atoms. The van der Waals surface area contributed by atoms with Crippen LogP contribution in [-0.2, 0) is 11.3 Å². The summed E-state index contributed by atoms with van der Waals surface area (Å²) in [6.45, 7) is 9.00. The number of nitrogens with zero attached hydrogens (tertiary/aromatic N) is 4. The third-order valence-electron chi connectivity index (χ3n) is 5.55. The highest BCUT2D eigenvalue weighted by Crippen LogP contribution is 2.41. The molecule has 10 heteroatoms. The second-order valence-electron chi connectivity index (χ2n) is 9.23. The normalized spacial score (nSPS) is 11.7. The number of amides is 1. The van der Waals surface area contributed by atoms with E-state index in [2.05, 4.69) is 39.7 Å². The summed E-state index contributed by atoms with van der Waals surface area (Å²) in [7, 11) is 1.66. The minimum atomic E-state index is -0.424. The number of carbonyl (C=O) groups excluding carboxylic acids is 1. The largest absolute Gasteiger partial charge is 0.497 e. The third kappa shape index (κ3) is 5.43. The number of imidazole rings is 1. The number of fused-ring (bicyclic) bond motifs is 1. The van der Waals surface area contributed by atoms with Gasteiger partial charge in [-0.25, -0.2) is 15.0 Å². The molecule has 184 valence electrons. The summed E-state index contributed by atoms with van der Waals surface area (Å²) in [6, 6.07) is 8.21. The molecule has 0 aliphatic heterocycles. The average Bonchev–Trinajstić information content (AvgIpc) is 3.40. The highest BCUT2D eigenvalue weighted by atomic mass is 32.2. The van der Waals surface area contributed by atoms with E-state index >= 15 is 0 Å². The summed E-state index contributed by atoms with van der Waals surface area (Å²) in [5.41, 5.74) is 9.31. The summed E-state index contributed by atoms with van der Waals surface area (Å²) >= 11 is 3.26. The fourth-order valence-electron chi connectivity index (χ4n) is 3.57. The first-order chi connectivity index (χ1) is 16.7. The second-order valence-corrected chi connectivity index (χ2v) is 11.2. The van der Waals surface area contributed by atoms with Crippen LogP contribution < -0.4 is 15.8 Å². The number of thiophene rings is 1. The van der Waals surface area contributed by atoms with E-state index < -0.39 is 5.41 Å². The molecule has 0 spiro atoms. The topological polar surface area (TPSA) is 108 Å². The summed E-state index contributed by atoms with van der Waals surface area (Å²) in [5.74, 6) is 1.15. The van der Waals surface area contributed by atoms with Crippen LogP contribution in [0.4, 0.5) is 5.82 Å². The lowest BCUT2D eigenvalue weighted by Crippen LogP contribution is -2.35. The smallest absolute Gasteiger partial charge is 0.225 e. The lowest BCUT2D eigenvalue weighted by atomic mass is 9.96. The van der Waals surface area contributed by atoms with E-state index in [1.807, 2.05) is 37.5 Å². The van der Waals surface area contributed by atoms with Crippen LogP contribution in [0.15, 0.2) is 46.0 Å². The van der Waals surface area contributed by atoms with E-state index in [1.54, 1.807) is 30.2 Å². The number of carbonyl (C=O) groups is 1. The van der Waals surface area contributed by atoms with E-state index in [4.69, 9.17) is 15.5 Å². The van der Waals surface area contributed by atoms with Crippen molar-refractivity contribution in [1.29, 1.82) is 0 Å². The molecule has 4 aromatic rings. The maximum atomic E-state index is 12.2. The summed E-state index contributed by atoms with van der Waals surface area (Å²) in [5, 5.41) is 5.87. The van der Waals surface area contributed by atoms with Crippen molar-refractivity contribution >= 4 is 46.0 Å². The lowest BCUT2D eigenvalue weighted by Gasteiger charge is -2.18. The van der Waals surface area contributed by atoms with E-state index in [0.717, 1.165) is 27.8 Å². The number of nitrogen functional groups attached to an aromatic ring is 1. The first-order valence-electron chi connectivity index (χ1n) is 11.3. The molecule has 8 nitrogen and oxygen atoms in total. The van der Waals surface area contributed by atoms with Gasteiger partial charge in [-0.3, -0.25) is 4.79 Å². The molecule has 4 rings (SSSR count). The summed E-state index contributed by atoms with van der Waals surface area (Å²) in [4.78, 5) is 27.9. The lowest BCUT2D eigenvalue weighted by molar-refractivity contribution is -0.128. The van der Waals surface area contributed by atoms with Crippen molar-refractivity contribution in [2.45, 2.75) is 50.7 Å². The number of anilines is 1. The Labute approximate surface area is 213 Å². The van der Waals surface area contributed by atoms with Crippen LogP contribution in [0.2, 0.25) is 0 Å². The predicted octanol–water partition coefficient (Wildman–Crippen LogP) is 5.16. The van der Waals surface area contributed by atoms with Gasteiger partial charge in [0, 0.05) is 33.8 Å². The van der Waals surface area contributed by atoms with Gasteiger partial charge in [0.1, 0.15) is 12.1 Å². The quantitative estimate of drug-likeness (QED) is 0.315. The van der Waals surface area contributed by atoms with Gasteiger partial charge in [-0.05, 0) is 48.6 Å². The highest BCUT2D eigenvalue weighted by Gasteiger charge is 2.21. The van der Waals surface area contributed by atoms with Gasteiger partial charge in [-0.1, -0.05) is 32.5 Å². The number of hydrogen-bond donors (Lipinski definition) is 2. The van der Waals surface area contributed by atoms with Crippen molar-refractivity contribution in [3.8, 4) is 16.2 Å². The Kier molecular flexibility index (Phi) is 7.32. The van der Waals surface area contributed by atoms with Gasteiger partial charge in [-0.15, -0.1) is 11.3 Å². The molecule has 0 fully saturated rings. The van der Waals surface area contributed by atoms with Crippen LogP contribution in [-0.4, -0.2) is 39.1 Å². The minimum absolute atomic E-state index is 0.0292. The van der Waals surface area contributed by atoms with Crippen LogP contribution in [0.5, 0.6) is 5.75 Å². The van der Waals surface area contributed by atoms with Crippen LogP contribution >= 0.6 is 23.1 Å². The van der Waals surface area contributed by atoms with Gasteiger partial charge >= 0.3 is 0 Å². The molecule has 0 atom stereocenters. The zero-order chi connectivity index (χ0) is 25.2. The molecule has 0 saturated heterocycles. The molecule has 0 saturated carbocycles. The van der Waals surface area contributed by atoms with Gasteiger partial charge < -0.3 is 20.4 Å². The minimum Gasteiger partial charge on any atom is -0.497 e. The number of benzene rings is 1. The molecular weight excluding hydrogens is 480 g/mol. The Hall–Kier alpha value is -3.11. The fraction of sp³-hybridized carbons (Fsp3) is 0.360. The van der Waals surface area contributed by atoms with Crippen LogP contribution in [0.3, 0.4) is 0 Å². The van der Waals surface area contributed by atoms with Crippen molar-refractivity contribution < 1.29 is 9.53 Å². The predicted molar refractivity (Wildman–Crippen MR) is 142 cm³/mol. The standard InChI is InChI=1S/C25H30N6O2S2/c1-15-9-12-34-20(15)17-8-7-16(33-5)13-18(17)35-24-30-19-21(26)28-14-29-22(19)31(24)11-6-10-27-23(32)25(2,3)4/h7-9,12-14H,6,10-11H2,1-5H3,(H,27,32)(H2,26,28,29). The van der Waals surface area contributed by atoms with Gasteiger partial charge in [0.15, 0.2) is 22.1 Å². The molecule has 3 aromatic heterocycles. The van der Waals surface area contributed by atoms with Crippen LogP contribution in [0.1, 0.15) is 32.8 Å². The van der Waals surface area contributed by atoms with Crippen LogP contribution in [0, 0.1) is 12.3 Å². The number of aromatic nitrogens is 4. The number of rotatable bonds is 8. The molecule has 0 unspecified atom stereocenters. The maximum Gasteiger partial charge on any atom is 0.225 e. The molecular formula is C25H30N6O2S2. The number of nitrogens with two attached hydrogens (primary N) is 1. The van der Waals surface area contributed by atoms with Gasteiger partial charge in [0.05, 0.1) is 7.11 Å². The van der Waals surface area contributed by atoms with Crippen molar-refractivity contribution in [1.82, 2.24) is 24.8 Å². The third-order valence-corrected chi connectivity index (χ3v) is 7.65. The maximum absolute atomic E-state index is 12.2. The van der Waals surface area contributed by atoms with Gasteiger partial charge in [0.25, 0.3) is 0 Å². The zero-order valence-corrected chi connectivity index (χ0v) is 22.2. The fourth-order valence-corrected chi connectivity index (χ4v) is 5.67. The van der Waals surface area contributed by atoms with E-state index in [1.165, 1.54) is 16.8 Å². The number of nitrogens with one attached hydrogen (secondary N) is 1. The van der Waals surface area contributed by atoms with E-state index in [-0.39, 0.29) is 5.91 Å². The Balaban J connectivity index is 1.68. The van der Waals surface area contributed by atoms with Gasteiger partial charge in [0.2, 0.25) is 5.91 Å². The molecule has 1 aromatic carbocycles. The van der Waals surface area contributed by atoms with Crippen molar-refractivity contribution in [2.75, 3.05) is 19.4 Å². The number of methoxy groups -OCH3 is 1. The SMILES string of the molecule is COc1ccc(-c2sccc2C)c(Sc2nc3c(N)ncnc3n2CCCNC(=O)C(C)(C)C)c1. The van der Waals surface area contributed by atoms with Crippen LogP contribution in [0.25, 0.3) is 21.6 Å². The van der Waals surface area contributed by atoms with E-state index in [0.29, 0.717) is 30.1 Å². The molecule has 3 N–H and O–H groups in total. The summed E-state index contributed by atoms with van der Waals surface area (Å²) in [6.07, 6.45) is 2.18. The zero-order valence-electron chi connectivity index (χ0n) is 20.6. The molecule has 0 bridgehead atoms.